The highest BCUT2D eigenvalue weighted by Gasteiger charge is 2.29. The number of amides is 1. The van der Waals surface area contributed by atoms with Crippen molar-refractivity contribution in [2.75, 3.05) is 20.1 Å². The first-order chi connectivity index (χ1) is 14.6. The minimum Gasteiger partial charge on any atom is -0.486 e. The van der Waals surface area contributed by atoms with Crippen LogP contribution in [0.2, 0.25) is 0 Å². The summed E-state index contributed by atoms with van der Waals surface area (Å²) >= 11 is 0. The van der Waals surface area contributed by atoms with Gasteiger partial charge in [-0.05, 0) is 48.6 Å². The lowest BCUT2D eigenvalue weighted by molar-refractivity contribution is 0.0143. The quantitative estimate of drug-likeness (QED) is 0.649. The van der Waals surface area contributed by atoms with Gasteiger partial charge in [-0.25, -0.2) is 4.98 Å². The monoisotopic (exact) mass is 405 g/mol. The van der Waals surface area contributed by atoms with Gasteiger partial charge in [-0.15, -0.1) is 0 Å². The highest BCUT2D eigenvalue weighted by atomic mass is 16.5. The summed E-state index contributed by atoms with van der Waals surface area (Å²) in [6.45, 7) is 2.35. The van der Waals surface area contributed by atoms with Gasteiger partial charge in [0.15, 0.2) is 0 Å². The fraction of sp³-hybridized carbons (Fsp3) is 0.364. The Kier molecular flexibility index (Phi) is 4.71. The molecule has 2 aliphatic rings. The number of carbonyl (C=O) groups is 1. The third-order valence-electron chi connectivity index (χ3n) is 5.62. The molecule has 1 saturated carbocycles. The average molecular weight is 405 g/mol. The fourth-order valence-electron chi connectivity index (χ4n) is 3.81. The lowest BCUT2D eigenvalue weighted by atomic mass is 10.1. The average Bonchev–Trinajstić information content (AvgIpc) is 3.56. The number of hydrogen-bond donors (Lipinski definition) is 2. The number of ether oxygens (including phenoxy) is 1. The van der Waals surface area contributed by atoms with Crippen molar-refractivity contribution in [3.8, 4) is 5.75 Å². The molecular formula is C22H23N5O3. The number of aromatic amines is 1. The highest BCUT2D eigenvalue weighted by Crippen LogP contribution is 2.38. The molecule has 1 saturated heterocycles. The topological polar surface area (TPSA) is 100 Å². The molecule has 1 amide bonds. The van der Waals surface area contributed by atoms with Gasteiger partial charge in [-0.2, -0.15) is 0 Å². The molecule has 2 fully saturated rings. The number of pyridine rings is 3. The van der Waals surface area contributed by atoms with Crippen LogP contribution in [0.3, 0.4) is 0 Å². The minimum absolute atomic E-state index is 0.0115. The summed E-state index contributed by atoms with van der Waals surface area (Å²) in [6.07, 6.45) is 5.74. The first kappa shape index (κ1) is 18.7. The van der Waals surface area contributed by atoms with Gasteiger partial charge in [0, 0.05) is 38.4 Å². The Hall–Kier alpha value is -3.26. The summed E-state index contributed by atoms with van der Waals surface area (Å²) in [5.74, 6) is 0.849. The molecule has 0 bridgehead atoms. The Morgan fingerprint density at radius 2 is 2.07 bits per heavy atom. The lowest BCUT2D eigenvalue weighted by Crippen LogP contribution is -2.53. The van der Waals surface area contributed by atoms with E-state index in [1.807, 2.05) is 18.3 Å². The molecule has 8 heteroatoms. The van der Waals surface area contributed by atoms with Crippen LogP contribution >= 0.6 is 0 Å². The van der Waals surface area contributed by atoms with E-state index in [-0.39, 0.29) is 17.6 Å². The first-order valence-corrected chi connectivity index (χ1v) is 10.2. The molecule has 0 unspecified atom stereocenters. The van der Waals surface area contributed by atoms with E-state index in [2.05, 4.69) is 25.2 Å². The summed E-state index contributed by atoms with van der Waals surface area (Å²) in [7, 11) is 1.57. The number of nitrogens with zero attached hydrogens (tertiary/aromatic N) is 3. The zero-order valence-electron chi connectivity index (χ0n) is 16.7. The zero-order valence-corrected chi connectivity index (χ0v) is 16.7. The molecule has 2 N–H and O–H groups in total. The smallest absolute Gasteiger partial charge is 0.269 e. The molecule has 0 aromatic carbocycles. The maximum Gasteiger partial charge on any atom is 0.269 e. The van der Waals surface area contributed by atoms with Crippen LogP contribution in [0.5, 0.6) is 5.75 Å². The van der Waals surface area contributed by atoms with Crippen LogP contribution in [0.4, 0.5) is 0 Å². The van der Waals surface area contributed by atoms with Gasteiger partial charge in [-0.3, -0.25) is 19.5 Å². The summed E-state index contributed by atoms with van der Waals surface area (Å²) in [6, 6.07) is 7.36. The predicted octanol–water partition coefficient (Wildman–Crippen LogP) is 1.82. The molecule has 3 aromatic heterocycles. The molecule has 0 spiro atoms. The summed E-state index contributed by atoms with van der Waals surface area (Å²) in [5.41, 5.74) is 3.94. The van der Waals surface area contributed by atoms with E-state index >= 15 is 0 Å². The van der Waals surface area contributed by atoms with Crippen LogP contribution in [0.1, 0.15) is 40.4 Å². The molecule has 5 rings (SSSR count). The first-order valence-electron chi connectivity index (χ1n) is 10.2. The molecule has 30 heavy (non-hydrogen) atoms. The Balaban J connectivity index is 1.18. The van der Waals surface area contributed by atoms with E-state index in [0.29, 0.717) is 17.4 Å². The van der Waals surface area contributed by atoms with Crippen LogP contribution in [0, 0.1) is 0 Å². The van der Waals surface area contributed by atoms with Gasteiger partial charge in [0.25, 0.3) is 11.5 Å². The van der Waals surface area contributed by atoms with Crippen LogP contribution < -0.4 is 15.6 Å². The molecule has 0 radical (unpaired) electrons. The predicted molar refractivity (Wildman–Crippen MR) is 112 cm³/mol. The number of H-pyrrole nitrogens is 1. The number of carbonyl (C=O) groups excluding carboxylic acids is 1. The van der Waals surface area contributed by atoms with Gasteiger partial charge in [0.05, 0.1) is 17.2 Å². The molecule has 0 atom stereocenters. The largest absolute Gasteiger partial charge is 0.486 e. The van der Waals surface area contributed by atoms with Gasteiger partial charge in [0.2, 0.25) is 0 Å². The van der Waals surface area contributed by atoms with Crippen molar-refractivity contribution in [3.05, 3.63) is 63.8 Å². The number of hydrogen-bond acceptors (Lipinski definition) is 6. The van der Waals surface area contributed by atoms with Gasteiger partial charge in [-0.1, -0.05) is 0 Å². The summed E-state index contributed by atoms with van der Waals surface area (Å²) < 4.78 is 5.92. The van der Waals surface area contributed by atoms with Crippen molar-refractivity contribution >= 4 is 16.9 Å². The Morgan fingerprint density at radius 1 is 1.23 bits per heavy atom. The molecule has 1 aliphatic carbocycles. The SMILES string of the molecule is CNC(=O)c1ccc(OC2CN(Cc3cnc4cc(C5CC5)c(=O)[nH]c4c3)C2)cn1. The Morgan fingerprint density at radius 3 is 2.77 bits per heavy atom. The van der Waals surface area contributed by atoms with E-state index in [4.69, 9.17) is 4.74 Å². The fourth-order valence-corrected chi connectivity index (χ4v) is 3.81. The van der Waals surface area contributed by atoms with Gasteiger partial charge >= 0.3 is 0 Å². The summed E-state index contributed by atoms with van der Waals surface area (Å²) in [4.78, 5) is 37.7. The van der Waals surface area contributed by atoms with E-state index in [9.17, 15) is 9.59 Å². The van der Waals surface area contributed by atoms with Crippen molar-refractivity contribution in [2.45, 2.75) is 31.4 Å². The number of fused-ring (bicyclic) bond motifs is 1. The van der Waals surface area contributed by atoms with Crippen molar-refractivity contribution in [3.63, 3.8) is 0 Å². The number of rotatable bonds is 6. The summed E-state index contributed by atoms with van der Waals surface area (Å²) in [5, 5.41) is 2.54. The third-order valence-corrected chi connectivity index (χ3v) is 5.62. The lowest BCUT2D eigenvalue weighted by Gasteiger charge is -2.38. The van der Waals surface area contributed by atoms with Crippen molar-refractivity contribution in [1.29, 1.82) is 0 Å². The van der Waals surface area contributed by atoms with Crippen LogP contribution in [-0.2, 0) is 6.54 Å². The van der Waals surface area contributed by atoms with Crippen LogP contribution in [0.25, 0.3) is 11.0 Å². The third kappa shape index (κ3) is 3.78. The van der Waals surface area contributed by atoms with E-state index in [1.165, 1.54) is 0 Å². The second-order valence-electron chi connectivity index (χ2n) is 8.00. The number of likely N-dealkylation sites (tertiary alicyclic amines) is 1. The maximum absolute atomic E-state index is 12.3. The molecular weight excluding hydrogens is 382 g/mol. The molecule has 8 nitrogen and oxygen atoms in total. The second-order valence-corrected chi connectivity index (χ2v) is 8.00. The van der Waals surface area contributed by atoms with Gasteiger partial charge < -0.3 is 15.0 Å². The Bertz CT molecular complexity index is 1150. The van der Waals surface area contributed by atoms with E-state index < -0.39 is 0 Å². The van der Waals surface area contributed by atoms with Crippen LogP contribution in [-0.4, -0.2) is 52.0 Å². The standard InChI is InChI=1S/C22H23N5O3/c1-23-22(29)18-5-4-15(9-25-18)30-16-11-27(12-16)10-13-6-20-19(24-8-13)7-17(14-2-3-14)21(28)26-20/h4-9,14,16H,2-3,10-12H2,1H3,(H,23,29)(H,26,28). The van der Waals surface area contributed by atoms with Crippen LogP contribution in [0.15, 0.2) is 41.5 Å². The molecule has 154 valence electrons. The Labute approximate surface area is 173 Å². The van der Waals surface area contributed by atoms with E-state index in [0.717, 1.165) is 54.6 Å². The maximum atomic E-state index is 12.3. The zero-order chi connectivity index (χ0) is 20.7. The van der Waals surface area contributed by atoms with Crippen molar-refractivity contribution < 1.29 is 9.53 Å². The van der Waals surface area contributed by atoms with Crippen molar-refractivity contribution in [1.82, 2.24) is 25.2 Å². The van der Waals surface area contributed by atoms with Crippen molar-refractivity contribution in [2.24, 2.45) is 0 Å². The number of nitrogens with one attached hydrogen (secondary N) is 2. The molecule has 3 aromatic rings. The normalized spacial score (nSPS) is 17.0. The number of aromatic nitrogens is 3. The minimum atomic E-state index is -0.217. The van der Waals surface area contributed by atoms with E-state index in [1.54, 1.807) is 25.4 Å². The van der Waals surface area contributed by atoms with Gasteiger partial charge in [0.1, 0.15) is 17.5 Å². The second kappa shape index (κ2) is 7.53. The highest BCUT2D eigenvalue weighted by molar-refractivity contribution is 5.92. The molecule has 4 heterocycles. The molecule has 1 aliphatic heterocycles.